The molecular formula is C15H16ClN3O2. The maximum Gasteiger partial charge on any atom is 0.253 e. The predicted molar refractivity (Wildman–Crippen MR) is 83.5 cm³/mol. The maximum absolute atomic E-state index is 11.8. The van der Waals surface area contributed by atoms with Crippen LogP contribution in [-0.4, -0.2) is 37.0 Å². The van der Waals surface area contributed by atoms with Gasteiger partial charge in [-0.1, -0.05) is 11.6 Å². The molecule has 5 nitrogen and oxygen atoms in total. The number of amides is 1. The lowest BCUT2D eigenvalue weighted by Crippen LogP contribution is -2.21. The number of benzene rings is 1. The van der Waals surface area contributed by atoms with Crippen molar-refractivity contribution in [2.24, 2.45) is 0 Å². The van der Waals surface area contributed by atoms with Crippen LogP contribution in [0.4, 0.5) is 11.4 Å². The van der Waals surface area contributed by atoms with Crippen molar-refractivity contribution >= 4 is 28.9 Å². The van der Waals surface area contributed by atoms with E-state index in [9.17, 15) is 4.79 Å². The third-order valence-corrected chi connectivity index (χ3v) is 3.05. The van der Waals surface area contributed by atoms with Crippen LogP contribution in [0.25, 0.3) is 0 Å². The number of carbonyl (C=O) groups excluding carboxylic acids is 1. The first-order valence-corrected chi connectivity index (χ1v) is 6.68. The van der Waals surface area contributed by atoms with Crippen molar-refractivity contribution in [3.05, 3.63) is 47.1 Å². The summed E-state index contributed by atoms with van der Waals surface area (Å²) in [6.45, 7) is 0. The van der Waals surface area contributed by atoms with Crippen LogP contribution < -0.4 is 10.1 Å². The smallest absolute Gasteiger partial charge is 0.253 e. The highest BCUT2D eigenvalue weighted by Crippen LogP contribution is 2.27. The molecule has 0 spiro atoms. The average Bonchev–Trinajstić information content (AvgIpc) is 2.49. The third-order valence-electron chi connectivity index (χ3n) is 2.84. The van der Waals surface area contributed by atoms with E-state index in [1.807, 2.05) is 12.1 Å². The van der Waals surface area contributed by atoms with E-state index in [1.165, 1.54) is 12.0 Å². The molecular weight excluding hydrogens is 290 g/mol. The molecule has 2 aromatic rings. The zero-order valence-corrected chi connectivity index (χ0v) is 12.8. The van der Waals surface area contributed by atoms with Gasteiger partial charge >= 0.3 is 0 Å². The van der Waals surface area contributed by atoms with Gasteiger partial charge in [-0.3, -0.25) is 4.79 Å². The van der Waals surface area contributed by atoms with Crippen molar-refractivity contribution in [3.8, 4) is 5.88 Å². The number of pyridine rings is 1. The minimum Gasteiger partial charge on any atom is -0.479 e. The molecule has 0 fully saturated rings. The van der Waals surface area contributed by atoms with Crippen molar-refractivity contribution in [2.75, 3.05) is 26.5 Å². The zero-order chi connectivity index (χ0) is 15.4. The molecule has 1 heterocycles. The van der Waals surface area contributed by atoms with Gasteiger partial charge in [-0.05, 0) is 36.4 Å². The topological polar surface area (TPSA) is 54.5 Å². The normalized spacial score (nSPS) is 10.1. The third kappa shape index (κ3) is 3.64. The maximum atomic E-state index is 11.8. The van der Waals surface area contributed by atoms with Gasteiger partial charge in [0.2, 0.25) is 5.88 Å². The molecule has 0 aliphatic carbocycles. The Morgan fingerprint density at radius 3 is 2.43 bits per heavy atom. The Morgan fingerprint density at radius 1 is 1.19 bits per heavy atom. The number of ether oxygens (including phenoxy) is 1. The average molecular weight is 306 g/mol. The predicted octanol–water partition coefficient (Wildman–Crippen LogP) is 3.19. The first-order valence-electron chi connectivity index (χ1n) is 6.30. The molecule has 1 aromatic carbocycles. The number of hydrogen-bond donors (Lipinski definition) is 1. The van der Waals surface area contributed by atoms with Crippen LogP contribution in [0.2, 0.25) is 5.15 Å². The number of nitrogens with one attached hydrogen (secondary N) is 1. The molecule has 0 radical (unpaired) electrons. The Morgan fingerprint density at radius 2 is 1.86 bits per heavy atom. The first kappa shape index (κ1) is 15.1. The van der Waals surface area contributed by atoms with Gasteiger partial charge in [0.1, 0.15) is 10.8 Å². The van der Waals surface area contributed by atoms with Crippen LogP contribution in [0, 0.1) is 0 Å². The van der Waals surface area contributed by atoms with Crippen molar-refractivity contribution in [2.45, 2.75) is 0 Å². The van der Waals surface area contributed by atoms with Gasteiger partial charge in [-0.15, -0.1) is 0 Å². The number of hydrogen-bond acceptors (Lipinski definition) is 4. The zero-order valence-electron chi connectivity index (χ0n) is 12.1. The summed E-state index contributed by atoms with van der Waals surface area (Å²) in [6, 6.07) is 10.6. The number of anilines is 2. The number of halogens is 1. The molecule has 0 aliphatic rings. The van der Waals surface area contributed by atoms with Crippen molar-refractivity contribution < 1.29 is 9.53 Å². The Labute approximate surface area is 128 Å². The summed E-state index contributed by atoms with van der Waals surface area (Å²) in [5.74, 6) is 0.378. The largest absolute Gasteiger partial charge is 0.479 e. The van der Waals surface area contributed by atoms with Gasteiger partial charge in [-0.2, -0.15) is 4.98 Å². The lowest BCUT2D eigenvalue weighted by Gasteiger charge is -2.12. The summed E-state index contributed by atoms with van der Waals surface area (Å²) >= 11 is 5.82. The molecule has 1 amide bonds. The molecule has 21 heavy (non-hydrogen) atoms. The fourth-order valence-electron chi connectivity index (χ4n) is 1.78. The monoisotopic (exact) mass is 305 g/mol. The number of carbonyl (C=O) groups is 1. The summed E-state index contributed by atoms with van der Waals surface area (Å²) in [4.78, 5) is 17.4. The van der Waals surface area contributed by atoms with Crippen LogP contribution in [0.1, 0.15) is 10.4 Å². The van der Waals surface area contributed by atoms with Crippen molar-refractivity contribution in [1.29, 1.82) is 0 Å². The molecule has 0 aliphatic heterocycles. The van der Waals surface area contributed by atoms with Gasteiger partial charge in [0, 0.05) is 25.3 Å². The second kappa shape index (κ2) is 6.45. The fraction of sp³-hybridized carbons (Fsp3) is 0.200. The van der Waals surface area contributed by atoms with E-state index >= 15 is 0 Å². The summed E-state index contributed by atoms with van der Waals surface area (Å²) in [6.07, 6.45) is 0. The van der Waals surface area contributed by atoms with E-state index in [-0.39, 0.29) is 5.91 Å². The molecule has 0 saturated carbocycles. The minimum absolute atomic E-state index is 0.0349. The highest BCUT2D eigenvalue weighted by molar-refractivity contribution is 6.29. The van der Waals surface area contributed by atoms with Crippen LogP contribution in [0.15, 0.2) is 36.4 Å². The second-order valence-electron chi connectivity index (χ2n) is 4.59. The van der Waals surface area contributed by atoms with Gasteiger partial charge in [0.05, 0.1) is 7.11 Å². The van der Waals surface area contributed by atoms with Crippen LogP contribution in [-0.2, 0) is 0 Å². The Balaban J connectivity index is 2.19. The van der Waals surface area contributed by atoms with Gasteiger partial charge in [-0.25, -0.2) is 0 Å². The molecule has 1 aromatic heterocycles. The summed E-state index contributed by atoms with van der Waals surface area (Å²) in [5, 5.41) is 3.54. The molecule has 0 atom stereocenters. The SMILES string of the molecule is COc1nc(Cl)ccc1Nc1ccc(C(=O)N(C)C)cc1. The molecule has 0 unspecified atom stereocenters. The summed E-state index contributed by atoms with van der Waals surface area (Å²) in [5.41, 5.74) is 2.16. The van der Waals surface area contributed by atoms with Gasteiger partial charge in [0.25, 0.3) is 5.91 Å². The number of nitrogens with zero attached hydrogens (tertiary/aromatic N) is 2. The quantitative estimate of drug-likeness (QED) is 0.881. The van der Waals surface area contributed by atoms with Crippen LogP contribution in [0.5, 0.6) is 5.88 Å². The molecule has 0 saturated heterocycles. The standard InChI is InChI=1S/C15H16ClN3O2/c1-19(2)15(20)10-4-6-11(7-5-10)17-12-8-9-13(16)18-14(12)21-3/h4-9,17H,1-3H3. The highest BCUT2D eigenvalue weighted by atomic mass is 35.5. The van der Waals surface area contributed by atoms with E-state index in [0.717, 1.165) is 5.69 Å². The van der Waals surface area contributed by atoms with Crippen LogP contribution >= 0.6 is 11.6 Å². The number of methoxy groups -OCH3 is 1. The number of aromatic nitrogens is 1. The van der Waals surface area contributed by atoms with Gasteiger partial charge < -0.3 is 15.0 Å². The van der Waals surface area contributed by atoms with Crippen molar-refractivity contribution in [1.82, 2.24) is 9.88 Å². The van der Waals surface area contributed by atoms with E-state index < -0.39 is 0 Å². The summed E-state index contributed by atoms with van der Waals surface area (Å²) in [7, 11) is 4.97. The molecule has 1 N–H and O–H groups in total. The minimum atomic E-state index is -0.0349. The first-order chi connectivity index (χ1) is 10.0. The fourth-order valence-corrected chi connectivity index (χ4v) is 1.92. The van der Waals surface area contributed by atoms with Gasteiger partial charge in [0.15, 0.2) is 0 Å². The van der Waals surface area contributed by atoms with Crippen molar-refractivity contribution in [3.63, 3.8) is 0 Å². The highest BCUT2D eigenvalue weighted by Gasteiger charge is 2.09. The molecule has 2 rings (SSSR count). The Kier molecular flexibility index (Phi) is 4.65. The van der Waals surface area contributed by atoms with E-state index in [1.54, 1.807) is 38.4 Å². The lowest BCUT2D eigenvalue weighted by atomic mass is 10.2. The molecule has 110 valence electrons. The Hall–Kier alpha value is -2.27. The molecule has 0 bridgehead atoms. The Bertz CT molecular complexity index is 642. The number of rotatable bonds is 4. The summed E-state index contributed by atoms with van der Waals surface area (Å²) < 4.78 is 5.17. The second-order valence-corrected chi connectivity index (χ2v) is 4.98. The van der Waals surface area contributed by atoms with E-state index in [0.29, 0.717) is 22.3 Å². The van der Waals surface area contributed by atoms with E-state index in [4.69, 9.17) is 16.3 Å². The molecule has 6 heteroatoms. The lowest BCUT2D eigenvalue weighted by molar-refractivity contribution is 0.0827. The van der Waals surface area contributed by atoms with E-state index in [2.05, 4.69) is 10.3 Å². The van der Waals surface area contributed by atoms with Crippen LogP contribution in [0.3, 0.4) is 0 Å².